The third-order valence-corrected chi connectivity index (χ3v) is 7.06. The normalized spacial score (nSPS) is 21.5. The van der Waals surface area contributed by atoms with E-state index in [2.05, 4.69) is 44.5 Å². The van der Waals surface area contributed by atoms with E-state index in [0.29, 0.717) is 23.5 Å². The van der Waals surface area contributed by atoms with Crippen LogP contribution in [0.4, 0.5) is 11.6 Å². The van der Waals surface area contributed by atoms with Crippen molar-refractivity contribution in [3.63, 3.8) is 0 Å². The fourth-order valence-corrected chi connectivity index (χ4v) is 5.08. The number of nitrogens with two attached hydrogens (primary N) is 1. The first-order chi connectivity index (χ1) is 15.5. The lowest BCUT2D eigenvalue weighted by Crippen LogP contribution is -2.61. The van der Waals surface area contributed by atoms with Crippen LogP contribution in [0.25, 0.3) is 10.8 Å². The first-order valence-corrected chi connectivity index (χ1v) is 11.1. The number of hydrogen-bond acceptors (Lipinski definition) is 8. The average Bonchev–Trinajstić information content (AvgIpc) is 2.81. The molecular weight excluding hydrogens is 400 g/mol. The molecule has 3 fully saturated rings. The lowest BCUT2D eigenvalue weighted by atomic mass is 9.91. The number of fused-ring (bicyclic) bond motifs is 4. The summed E-state index contributed by atoms with van der Waals surface area (Å²) >= 11 is 0. The Hall–Kier alpha value is -3.28. The number of nitrogens with zero attached hydrogens (tertiary/aromatic N) is 6. The van der Waals surface area contributed by atoms with Gasteiger partial charge in [0.2, 0.25) is 0 Å². The van der Waals surface area contributed by atoms with Gasteiger partial charge in [-0.1, -0.05) is 12.1 Å². The van der Waals surface area contributed by atoms with Crippen LogP contribution in [0.1, 0.15) is 41.4 Å². The summed E-state index contributed by atoms with van der Waals surface area (Å²) in [7, 11) is 2.22. The average molecular weight is 429 g/mol. The molecule has 8 heteroatoms. The van der Waals surface area contributed by atoms with Gasteiger partial charge in [0.15, 0.2) is 5.82 Å². The van der Waals surface area contributed by atoms with Crippen LogP contribution in [-0.4, -0.2) is 52.3 Å². The number of nitrogens with one attached hydrogen (secondary N) is 1. The Balaban J connectivity index is 1.51. The van der Waals surface area contributed by atoms with Crippen LogP contribution in [0, 0.1) is 25.2 Å². The lowest BCUT2D eigenvalue weighted by molar-refractivity contribution is 0.124. The predicted molar refractivity (Wildman–Crippen MR) is 125 cm³/mol. The van der Waals surface area contributed by atoms with Crippen molar-refractivity contribution in [3.05, 3.63) is 52.8 Å². The summed E-state index contributed by atoms with van der Waals surface area (Å²) in [5.74, 6) is 1.61. The molecule has 3 N–H and O–H groups in total. The highest BCUT2D eigenvalue weighted by Crippen LogP contribution is 2.34. The van der Waals surface area contributed by atoms with Crippen LogP contribution in [-0.2, 0) is 0 Å². The summed E-state index contributed by atoms with van der Waals surface area (Å²) in [6.45, 7) is 5.93. The molecule has 3 aromatic rings. The Labute approximate surface area is 188 Å². The minimum Gasteiger partial charge on any atom is -0.351 e. The number of pyridine rings is 1. The highest BCUT2D eigenvalue weighted by molar-refractivity contribution is 5.94. The number of aryl methyl sites for hydroxylation is 1. The monoisotopic (exact) mass is 428 g/mol. The van der Waals surface area contributed by atoms with E-state index in [9.17, 15) is 5.26 Å². The SMILES string of the molecule is Cc1c(C#N)cccc1[C@@H](N)Nc1nnc(C)c2cnc(N3C[C@H]4CC[C@@H]3CN4C)cc12. The van der Waals surface area contributed by atoms with Gasteiger partial charge in [0.05, 0.1) is 17.3 Å². The van der Waals surface area contributed by atoms with Crippen molar-refractivity contribution in [2.45, 2.75) is 44.9 Å². The molecule has 0 aliphatic carbocycles. The number of hydrogen-bond donors (Lipinski definition) is 2. The Morgan fingerprint density at radius 1 is 1.16 bits per heavy atom. The minimum absolute atomic E-state index is 0.487. The van der Waals surface area contributed by atoms with Crippen molar-refractivity contribution in [2.24, 2.45) is 5.73 Å². The molecule has 3 aliphatic rings. The van der Waals surface area contributed by atoms with E-state index in [0.717, 1.165) is 46.5 Å². The van der Waals surface area contributed by atoms with Crippen molar-refractivity contribution in [1.29, 1.82) is 5.26 Å². The summed E-state index contributed by atoms with van der Waals surface area (Å²) < 4.78 is 0. The Bertz CT molecular complexity index is 1220. The van der Waals surface area contributed by atoms with Gasteiger partial charge in [-0.3, -0.25) is 4.90 Å². The summed E-state index contributed by atoms with van der Waals surface area (Å²) in [6.07, 6.45) is 3.84. The molecule has 2 aromatic heterocycles. The van der Waals surface area contributed by atoms with Gasteiger partial charge in [-0.15, -0.1) is 5.10 Å². The van der Waals surface area contributed by atoms with Crippen LogP contribution in [0.15, 0.2) is 30.5 Å². The summed E-state index contributed by atoms with van der Waals surface area (Å²) in [6, 6.07) is 11.0. The molecule has 0 spiro atoms. The maximum atomic E-state index is 9.35. The van der Waals surface area contributed by atoms with Crippen molar-refractivity contribution >= 4 is 22.4 Å². The van der Waals surface area contributed by atoms with Crippen molar-refractivity contribution in [1.82, 2.24) is 20.1 Å². The van der Waals surface area contributed by atoms with E-state index < -0.39 is 6.17 Å². The van der Waals surface area contributed by atoms with Gasteiger partial charge in [0.25, 0.3) is 0 Å². The van der Waals surface area contributed by atoms with Gasteiger partial charge in [-0.2, -0.15) is 10.4 Å². The second-order valence-electron chi connectivity index (χ2n) is 8.95. The van der Waals surface area contributed by atoms with Crippen LogP contribution < -0.4 is 16.0 Å². The Kier molecular flexibility index (Phi) is 5.16. The molecule has 3 atom stereocenters. The number of anilines is 2. The van der Waals surface area contributed by atoms with Gasteiger partial charge in [-0.05, 0) is 57.0 Å². The number of benzene rings is 1. The topological polar surface area (TPSA) is 107 Å². The molecule has 0 saturated carbocycles. The molecule has 5 heterocycles. The maximum Gasteiger partial charge on any atom is 0.158 e. The molecule has 3 aliphatic heterocycles. The number of rotatable bonds is 4. The zero-order chi connectivity index (χ0) is 22.4. The van der Waals surface area contributed by atoms with E-state index >= 15 is 0 Å². The van der Waals surface area contributed by atoms with Gasteiger partial charge < -0.3 is 16.0 Å². The van der Waals surface area contributed by atoms with E-state index in [1.165, 1.54) is 12.8 Å². The number of aromatic nitrogens is 3. The number of piperazine rings is 1. The zero-order valence-electron chi connectivity index (χ0n) is 18.7. The largest absolute Gasteiger partial charge is 0.351 e. The Morgan fingerprint density at radius 3 is 2.69 bits per heavy atom. The zero-order valence-corrected chi connectivity index (χ0v) is 18.7. The smallest absolute Gasteiger partial charge is 0.158 e. The predicted octanol–water partition coefficient (Wildman–Crippen LogP) is 2.87. The quantitative estimate of drug-likeness (QED) is 0.611. The molecule has 0 amide bonds. The molecule has 164 valence electrons. The third-order valence-electron chi connectivity index (χ3n) is 7.06. The summed E-state index contributed by atoms with van der Waals surface area (Å²) in [4.78, 5) is 9.70. The summed E-state index contributed by atoms with van der Waals surface area (Å²) in [5, 5.41) is 23.4. The maximum absolute atomic E-state index is 9.35. The molecule has 32 heavy (non-hydrogen) atoms. The third kappa shape index (κ3) is 3.44. The van der Waals surface area contributed by atoms with E-state index in [-0.39, 0.29) is 0 Å². The van der Waals surface area contributed by atoms with Crippen LogP contribution in [0.2, 0.25) is 0 Å². The molecule has 0 radical (unpaired) electrons. The highest BCUT2D eigenvalue weighted by atomic mass is 15.3. The fraction of sp³-hybridized carbons (Fsp3) is 0.417. The van der Waals surface area contributed by atoms with Crippen LogP contribution in [0.5, 0.6) is 0 Å². The van der Waals surface area contributed by atoms with Crippen molar-refractivity contribution in [2.75, 3.05) is 30.4 Å². The summed E-state index contributed by atoms with van der Waals surface area (Å²) in [5.41, 5.74) is 9.70. The molecule has 1 aromatic carbocycles. The second-order valence-corrected chi connectivity index (χ2v) is 8.95. The number of nitriles is 1. The van der Waals surface area contributed by atoms with E-state index in [1.54, 1.807) is 6.07 Å². The minimum atomic E-state index is -0.514. The second kappa shape index (κ2) is 8.01. The number of likely N-dealkylation sites (N-methyl/N-ethyl adjacent to an activating group) is 1. The van der Waals surface area contributed by atoms with E-state index in [1.807, 2.05) is 32.2 Å². The first-order valence-electron chi connectivity index (χ1n) is 11.1. The number of piperidine rings is 2. The molecule has 3 saturated heterocycles. The first kappa shape index (κ1) is 20.6. The molecule has 8 nitrogen and oxygen atoms in total. The van der Waals surface area contributed by atoms with Gasteiger partial charge >= 0.3 is 0 Å². The molecule has 6 rings (SSSR count). The molecule has 2 bridgehead atoms. The van der Waals surface area contributed by atoms with Crippen LogP contribution in [0.3, 0.4) is 0 Å². The Morgan fingerprint density at radius 2 is 1.97 bits per heavy atom. The van der Waals surface area contributed by atoms with Gasteiger partial charge in [0, 0.05) is 42.1 Å². The van der Waals surface area contributed by atoms with Crippen LogP contribution >= 0.6 is 0 Å². The van der Waals surface area contributed by atoms with Gasteiger partial charge in [0.1, 0.15) is 12.0 Å². The van der Waals surface area contributed by atoms with Crippen molar-refractivity contribution in [3.8, 4) is 6.07 Å². The fourth-order valence-electron chi connectivity index (χ4n) is 5.08. The lowest BCUT2D eigenvalue weighted by Gasteiger charge is -2.50. The van der Waals surface area contributed by atoms with E-state index in [4.69, 9.17) is 10.7 Å². The van der Waals surface area contributed by atoms with Crippen molar-refractivity contribution < 1.29 is 0 Å². The standard InChI is InChI=1S/C24H28N8/c1-14-16(10-25)5-4-6-19(14)23(26)28-24-20-9-22(27-11-21(20)15(2)29-30-24)32-13-17-7-8-18(32)12-31(17)3/h4-6,9,11,17-18,23H,7-8,12-13,26H2,1-3H3,(H,28,30)/t17-,18-,23+/m1/s1. The molecular formula is C24H28N8. The molecule has 0 unspecified atom stereocenters. The van der Waals surface area contributed by atoms with Gasteiger partial charge in [-0.25, -0.2) is 4.98 Å². The highest BCUT2D eigenvalue weighted by Gasteiger charge is 2.37.